The molecule has 0 saturated carbocycles. The Balaban J connectivity index is 0.00000140. The molecule has 6 nitrogen and oxygen atoms in total. The van der Waals surface area contributed by atoms with Crippen molar-refractivity contribution in [1.29, 1.82) is 0 Å². The molecule has 0 atom stereocenters. The Labute approximate surface area is 174 Å². The summed E-state index contributed by atoms with van der Waals surface area (Å²) in [5.74, 6) is -1.10. The van der Waals surface area contributed by atoms with Gasteiger partial charge in [0.1, 0.15) is 0 Å². The number of fused-ring (bicyclic) bond motifs is 2. The molecular formula is C19H14F3LiN2O4. The molecule has 4 N–H and O–H groups in total. The number of alkyl halides is 3. The summed E-state index contributed by atoms with van der Waals surface area (Å²) >= 11 is 0. The molecule has 0 saturated heterocycles. The predicted octanol–water partition coefficient (Wildman–Crippen LogP) is 0.898. The van der Waals surface area contributed by atoms with Gasteiger partial charge in [-0.3, -0.25) is 4.98 Å². The molecule has 2 aromatic heterocycles. The van der Waals surface area contributed by atoms with Gasteiger partial charge >= 0.3 is 31.0 Å². The maximum atomic E-state index is 13.3. The Kier molecular flexibility index (Phi) is 7.24. The number of para-hydroxylation sites is 2. The van der Waals surface area contributed by atoms with Crippen molar-refractivity contribution in [1.82, 2.24) is 9.55 Å². The summed E-state index contributed by atoms with van der Waals surface area (Å²) in [7, 11) is 0. The van der Waals surface area contributed by atoms with Gasteiger partial charge in [-0.05, 0) is 18.2 Å². The van der Waals surface area contributed by atoms with Crippen molar-refractivity contribution in [3.63, 3.8) is 0 Å². The molecule has 29 heavy (non-hydrogen) atoms. The zero-order valence-corrected chi connectivity index (χ0v) is 15.1. The number of hydrogen-bond acceptors (Lipinski definition) is 3. The normalized spacial score (nSPS) is 10.7. The summed E-state index contributed by atoms with van der Waals surface area (Å²) in [5.41, 5.74) is 0.107. The maximum Gasteiger partial charge on any atom is 1.00 e. The van der Waals surface area contributed by atoms with Crippen molar-refractivity contribution in [3.8, 4) is 5.69 Å². The fourth-order valence-electron chi connectivity index (χ4n) is 3.15. The third kappa shape index (κ3) is 3.99. The Hall–Kier alpha value is -2.83. The molecule has 2 aromatic carbocycles. The van der Waals surface area contributed by atoms with Crippen molar-refractivity contribution in [2.24, 2.45) is 0 Å². The first-order valence-corrected chi connectivity index (χ1v) is 7.66. The van der Waals surface area contributed by atoms with E-state index >= 15 is 0 Å². The number of aromatic nitrogens is 2. The van der Waals surface area contributed by atoms with E-state index in [2.05, 4.69) is 4.98 Å². The van der Waals surface area contributed by atoms with Crippen LogP contribution in [0.3, 0.4) is 0 Å². The van der Waals surface area contributed by atoms with Gasteiger partial charge in [0.2, 0.25) is 0 Å². The third-order valence-electron chi connectivity index (χ3n) is 4.26. The van der Waals surface area contributed by atoms with E-state index in [1.807, 2.05) is 0 Å². The quantitative estimate of drug-likeness (QED) is 0.505. The number of rotatable bonds is 2. The number of aromatic carboxylic acids is 1. The van der Waals surface area contributed by atoms with Crippen LogP contribution in [0.4, 0.5) is 13.2 Å². The largest absolute Gasteiger partial charge is 1.00 e. The third-order valence-corrected chi connectivity index (χ3v) is 4.26. The standard InChI is InChI=1S/C19H11F3N2O2.Li.2H2O/c20-19(21,22)14-6-3-5-12-16(8-9-23-17(12)14)24-10-13(18(25)26)11-4-1-2-7-15(11)24;;;/h1-10H,(H,25,26);;2*1H2/q;+1;;/p-1. The van der Waals surface area contributed by atoms with Crippen molar-refractivity contribution >= 4 is 27.8 Å². The van der Waals surface area contributed by atoms with Crippen LogP contribution in [-0.4, -0.2) is 31.6 Å². The molecule has 146 valence electrons. The molecule has 0 aliphatic rings. The smallest absolute Gasteiger partial charge is 0.870 e. The van der Waals surface area contributed by atoms with Gasteiger partial charge in [-0.25, -0.2) is 4.79 Å². The minimum absolute atomic E-state index is 0. The molecule has 0 aliphatic heterocycles. The number of benzene rings is 2. The van der Waals surface area contributed by atoms with Gasteiger partial charge in [0.15, 0.2) is 0 Å². The van der Waals surface area contributed by atoms with Gasteiger partial charge in [-0.2, -0.15) is 13.2 Å². The van der Waals surface area contributed by atoms with Gasteiger partial charge < -0.3 is 20.6 Å². The average molecular weight is 398 g/mol. The van der Waals surface area contributed by atoms with Crippen LogP contribution < -0.4 is 18.9 Å². The van der Waals surface area contributed by atoms with Crippen LogP contribution in [0.5, 0.6) is 0 Å². The molecule has 4 aromatic rings. The van der Waals surface area contributed by atoms with E-state index in [4.69, 9.17) is 0 Å². The first kappa shape index (κ1) is 24.2. The molecule has 0 fully saturated rings. The SMILES string of the molecule is O.O=C(O)c1cn(-c2ccnc3c(C(F)(F)F)cccc23)c2ccccc12.[Li+].[OH-]. The second-order valence-electron chi connectivity index (χ2n) is 5.76. The van der Waals surface area contributed by atoms with Crippen LogP contribution in [0.2, 0.25) is 0 Å². The number of hydrogen-bond donors (Lipinski definition) is 1. The van der Waals surface area contributed by atoms with E-state index in [1.165, 1.54) is 18.5 Å². The van der Waals surface area contributed by atoms with E-state index < -0.39 is 17.7 Å². The Morgan fingerprint density at radius 3 is 2.31 bits per heavy atom. The number of pyridine rings is 1. The summed E-state index contributed by atoms with van der Waals surface area (Å²) in [6.07, 6.45) is -1.82. The molecule has 0 aliphatic carbocycles. The number of carbonyl (C=O) groups is 1. The van der Waals surface area contributed by atoms with Crippen LogP contribution in [-0.2, 0) is 6.18 Å². The van der Waals surface area contributed by atoms with Gasteiger partial charge in [-0.15, -0.1) is 0 Å². The van der Waals surface area contributed by atoms with Crippen LogP contribution in [0.25, 0.3) is 27.5 Å². The Morgan fingerprint density at radius 1 is 1.00 bits per heavy atom. The number of nitrogens with zero attached hydrogens (tertiary/aromatic N) is 2. The molecular weight excluding hydrogens is 384 g/mol. The van der Waals surface area contributed by atoms with Gasteiger partial charge in [0, 0.05) is 23.2 Å². The zero-order valence-electron chi connectivity index (χ0n) is 15.1. The summed E-state index contributed by atoms with van der Waals surface area (Å²) in [6, 6.07) is 12.3. The van der Waals surface area contributed by atoms with Crippen molar-refractivity contribution < 1.29 is 52.9 Å². The summed E-state index contributed by atoms with van der Waals surface area (Å²) in [4.78, 5) is 15.4. The van der Waals surface area contributed by atoms with E-state index in [0.29, 0.717) is 22.0 Å². The number of halogens is 3. The first-order valence-electron chi connectivity index (χ1n) is 7.66. The van der Waals surface area contributed by atoms with E-state index in [1.54, 1.807) is 41.0 Å². The summed E-state index contributed by atoms with van der Waals surface area (Å²) < 4.78 is 41.5. The van der Waals surface area contributed by atoms with Crippen LogP contribution >= 0.6 is 0 Å². The zero-order chi connectivity index (χ0) is 18.5. The van der Waals surface area contributed by atoms with Crippen LogP contribution in [0.15, 0.2) is 60.9 Å². The number of carboxylic acids is 1. The Morgan fingerprint density at radius 2 is 1.66 bits per heavy atom. The van der Waals surface area contributed by atoms with E-state index in [-0.39, 0.29) is 40.9 Å². The molecule has 0 radical (unpaired) electrons. The molecule has 0 unspecified atom stereocenters. The van der Waals surface area contributed by atoms with Crippen molar-refractivity contribution in [2.75, 3.05) is 0 Å². The topological polar surface area (TPSA) is 117 Å². The molecule has 0 bridgehead atoms. The second kappa shape index (κ2) is 8.67. The summed E-state index contributed by atoms with van der Waals surface area (Å²) in [5, 5.41) is 10.2. The van der Waals surface area contributed by atoms with Crippen molar-refractivity contribution in [2.45, 2.75) is 6.18 Å². The first-order chi connectivity index (χ1) is 12.4. The maximum absolute atomic E-state index is 13.3. The minimum Gasteiger partial charge on any atom is -0.870 e. The predicted molar refractivity (Wildman–Crippen MR) is 96.1 cm³/mol. The van der Waals surface area contributed by atoms with Gasteiger partial charge in [-0.1, -0.05) is 30.3 Å². The Bertz CT molecular complexity index is 1180. The molecule has 2 heterocycles. The number of carboxylic acid groups (broad SMARTS) is 1. The van der Waals surface area contributed by atoms with Crippen molar-refractivity contribution in [3.05, 3.63) is 72.1 Å². The minimum atomic E-state index is -4.53. The fraction of sp³-hybridized carbons (Fsp3) is 0.0526. The van der Waals surface area contributed by atoms with Gasteiger partial charge in [0.05, 0.1) is 27.8 Å². The molecule has 0 amide bonds. The fourth-order valence-corrected chi connectivity index (χ4v) is 3.15. The van der Waals surface area contributed by atoms with Crippen LogP contribution in [0, 0.1) is 0 Å². The monoisotopic (exact) mass is 398 g/mol. The summed E-state index contributed by atoms with van der Waals surface area (Å²) in [6.45, 7) is 0. The average Bonchev–Trinajstić information content (AvgIpc) is 2.99. The van der Waals surface area contributed by atoms with E-state index in [9.17, 15) is 23.1 Å². The van der Waals surface area contributed by atoms with Gasteiger partial charge in [0.25, 0.3) is 0 Å². The second-order valence-corrected chi connectivity index (χ2v) is 5.76. The molecule has 4 rings (SSSR count). The molecule has 10 heteroatoms. The molecule has 0 spiro atoms. The van der Waals surface area contributed by atoms with E-state index in [0.717, 1.165) is 6.07 Å². The van der Waals surface area contributed by atoms with Crippen LogP contribution in [0.1, 0.15) is 15.9 Å².